The first kappa shape index (κ1) is 10.1. The first-order chi connectivity index (χ1) is 8.36. The van der Waals surface area contributed by atoms with E-state index < -0.39 is 0 Å². The molecule has 0 radical (unpaired) electrons. The van der Waals surface area contributed by atoms with E-state index in [0.717, 1.165) is 11.1 Å². The molecule has 2 aromatic rings. The molecule has 2 aromatic carbocycles. The van der Waals surface area contributed by atoms with Crippen molar-refractivity contribution in [2.45, 2.75) is 12.5 Å². The Labute approximate surface area is 100 Å². The molecule has 1 amide bonds. The number of amides is 1. The molecule has 1 N–H and O–H groups in total. The molecule has 1 heterocycles. The normalized spacial score (nSPS) is 18.4. The third kappa shape index (κ3) is 1.72. The first-order valence-electron chi connectivity index (χ1n) is 5.77. The van der Waals surface area contributed by atoms with Gasteiger partial charge in [0.05, 0.1) is 5.92 Å². The van der Waals surface area contributed by atoms with Gasteiger partial charge < -0.3 is 5.32 Å². The van der Waals surface area contributed by atoms with E-state index in [1.165, 1.54) is 5.56 Å². The number of rotatable bonds is 1. The second-order valence-corrected chi connectivity index (χ2v) is 4.26. The van der Waals surface area contributed by atoms with Crippen LogP contribution in [-0.4, -0.2) is 5.91 Å². The Morgan fingerprint density at radius 1 is 0.941 bits per heavy atom. The first-order valence-corrected chi connectivity index (χ1v) is 5.77. The van der Waals surface area contributed by atoms with E-state index in [-0.39, 0.29) is 11.8 Å². The molecule has 0 aromatic heterocycles. The average molecular weight is 223 g/mol. The predicted molar refractivity (Wildman–Crippen MR) is 66.6 cm³/mol. The summed E-state index contributed by atoms with van der Waals surface area (Å²) in [6.45, 7) is 0.637. The summed E-state index contributed by atoms with van der Waals surface area (Å²) in [5.74, 6) is -0.0731. The summed E-state index contributed by atoms with van der Waals surface area (Å²) in [7, 11) is 0. The van der Waals surface area contributed by atoms with Crippen LogP contribution in [0.15, 0.2) is 54.6 Å². The fourth-order valence-electron chi connectivity index (χ4n) is 2.38. The summed E-state index contributed by atoms with van der Waals surface area (Å²) >= 11 is 0. The van der Waals surface area contributed by atoms with E-state index in [0.29, 0.717) is 6.54 Å². The highest BCUT2D eigenvalue weighted by atomic mass is 16.1. The zero-order chi connectivity index (χ0) is 11.7. The number of carbonyl (C=O) groups excluding carboxylic acids is 1. The zero-order valence-electron chi connectivity index (χ0n) is 9.39. The molecule has 0 spiro atoms. The molecule has 0 aliphatic carbocycles. The third-order valence-electron chi connectivity index (χ3n) is 3.21. The van der Waals surface area contributed by atoms with Crippen LogP contribution in [0, 0.1) is 0 Å². The maximum Gasteiger partial charge on any atom is 0.232 e. The van der Waals surface area contributed by atoms with Crippen molar-refractivity contribution in [1.29, 1.82) is 0 Å². The van der Waals surface area contributed by atoms with E-state index in [1.807, 2.05) is 48.5 Å². The minimum Gasteiger partial charge on any atom is -0.351 e. The molecule has 0 unspecified atom stereocenters. The molecule has 17 heavy (non-hydrogen) atoms. The highest BCUT2D eigenvalue weighted by Gasteiger charge is 2.28. The Bertz CT molecular complexity index is 548. The van der Waals surface area contributed by atoms with Gasteiger partial charge in [-0.05, 0) is 16.7 Å². The Morgan fingerprint density at radius 3 is 2.47 bits per heavy atom. The molecule has 0 fully saturated rings. The largest absolute Gasteiger partial charge is 0.351 e. The topological polar surface area (TPSA) is 29.1 Å². The number of hydrogen-bond donors (Lipinski definition) is 1. The zero-order valence-corrected chi connectivity index (χ0v) is 9.39. The molecule has 84 valence electrons. The maximum atomic E-state index is 12.0. The van der Waals surface area contributed by atoms with Gasteiger partial charge in [0, 0.05) is 6.54 Å². The van der Waals surface area contributed by atoms with Crippen LogP contribution in [0.25, 0.3) is 0 Å². The van der Waals surface area contributed by atoms with Gasteiger partial charge in [0.1, 0.15) is 0 Å². The number of benzene rings is 2. The monoisotopic (exact) mass is 223 g/mol. The molecule has 2 heteroatoms. The van der Waals surface area contributed by atoms with Gasteiger partial charge in [-0.2, -0.15) is 0 Å². The Kier molecular flexibility index (Phi) is 2.41. The van der Waals surface area contributed by atoms with E-state index in [2.05, 4.69) is 11.4 Å². The average Bonchev–Trinajstić information content (AvgIpc) is 2.39. The van der Waals surface area contributed by atoms with Crippen LogP contribution in [0.4, 0.5) is 0 Å². The summed E-state index contributed by atoms with van der Waals surface area (Å²) in [5.41, 5.74) is 3.39. The van der Waals surface area contributed by atoms with Crippen LogP contribution in [0.3, 0.4) is 0 Å². The van der Waals surface area contributed by atoms with E-state index in [9.17, 15) is 4.79 Å². The predicted octanol–water partition coefficient (Wildman–Crippen LogP) is 2.45. The van der Waals surface area contributed by atoms with E-state index in [4.69, 9.17) is 0 Å². The van der Waals surface area contributed by atoms with Crippen molar-refractivity contribution < 1.29 is 4.79 Å². The molecule has 3 rings (SSSR count). The fourth-order valence-corrected chi connectivity index (χ4v) is 2.38. The molecule has 0 saturated carbocycles. The number of carbonyl (C=O) groups is 1. The quantitative estimate of drug-likeness (QED) is 0.790. The SMILES string of the molecule is O=C1NCc2ccccc2[C@@H]1c1ccccc1. The van der Waals surface area contributed by atoms with Crippen molar-refractivity contribution in [1.82, 2.24) is 5.32 Å². The summed E-state index contributed by atoms with van der Waals surface area (Å²) in [5, 5.41) is 2.95. The van der Waals surface area contributed by atoms with Crippen LogP contribution in [0.1, 0.15) is 22.6 Å². The highest BCUT2D eigenvalue weighted by molar-refractivity contribution is 5.89. The lowest BCUT2D eigenvalue weighted by Gasteiger charge is -2.25. The van der Waals surface area contributed by atoms with Gasteiger partial charge in [-0.1, -0.05) is 54.6 Å². The van der Waals surface area contributed by atoms with Crippen LogP contribution in [0.2, 0.25) is 0 Å². The van der Waals surface area contributed by atoms with Crippen molar-refractivity contribution in [2.75, 3.05) is 0 Å². The molecule has 2 nitrogen and oxygen atoms in total. The molecule has 0 saturated heterocycles. The van der Waals surface area contributed by atoms with Gasteiger partial charge in [0.15, 0.2) is 0 Å². The van der Waals surface area contributed by atoms with Gasteiger partial charge >= 0.3 is 0 Å². The smallest absolute Gasteiger partial charge is 0.232 e. The van der Waals surface area contributed by atoms with Crippen molar-refractivity contribution in [3.05, 3.63) is 71.3 Å². The fraction of sp³-hybridized carbons (Fsp3) is 0.133. The molecule has 1 aliphatic rings. The lowest BCUT2D eigenvalue weighted by molar-refractivity contribution is -0.122. The van der Waals surface area contributed by atoms with Gasteiger partial charge in [-0.15, -0.1) is 0 Å². The van der Waals surface area contributed by atoms with Crippen LogP contribution >= 0.6 is 0 Å². The highest BCUT2D eigenvalue weighted by Crippen LogP contribution is 2.30. The lowest BCUT2D eigenvalue weighted by Crippen LogP contribution is -2.35. The molecule has 1 aliphatic heterocycles. The van der Waals surface area contributed by atoms with Crippen molar-refractivity contribution in [2.24, 2.45) is 0 Å². The minimum absolute atomic E-state index is 0.0925. The summed E-state index contributed by atoms with van der Waals surface area (Å²) in [6.07, 6.45) is 0. The van der Waals surface area contributed by atoms with Crippen molar-refractivity contribution in [3.8, 4) is 0 Å². The standard InChI is InChI=1S/C15H13NO/c17-15-14(11-6-2-1-3-7-11)13-9-5-4-8-12(13)10-16-15/h1-9,14H,10H2,(H,16,17)/t14-/m0/s1. The van der Waals surface area contributed by atoms with Gasteiger partial charge in [-0.3, -0.25) is 4.79 Å². The van der Waals surface area contributed by atoms with Gasteiger partial charge in [-0.25, -0.2) is 0 Å². The minimum atomic E-state index is -0.166. The Hall–Kier alpha value is -2.09. The van der Waals surface area contributed by atoms with Gasteiger partial charge in [0.25, 0.3) is 0 Å². The summed E-state index contributed by atoms with van der Waals surface area (Å²) in [4.78, 5) is 12.0. The number of fused-ring (bicyclic) bond motifs is 1. The van der Waals surface area contributed by atoms with Crippen LogP contribution < -0.4 is 5.32 Å². The summed E-state index contributed by atoms with van der Waals surface area (Å²) < 4.78 is 0. The molecular weight excluding hydrogens is 210 g/mol. The number of hydrogen-bond acceptors (Lipinski definition) is 1. The van der Waals surface area contributed by atoms with Gasteiger partial charge in [0.2, 0.25) is 5.91 Å². The van der Waals surface area contributed by atoms with Crippen molar-refractivity contribution in [3.63, 3.8) is 0 Å². The third-order valence-corrected chi connectivity index (χ3v) is 3.21. The van der Waals surface area contributed by atoms with Crippen LogP contribution in [-0.2, 0) is 11.3 Å². The molecule has 1 atom stereocenters. The molecule has 0 bridgehead atoms. The second kappa shape index (κ2) is 4.06. The van der Waals surface area contributed by atoms with E-state index in [1.54, 1.807) is 0 Å². The van der Waals surface area contributed by atoms with E-state index >= 15 is 0 Å². The Morgan fingerprint density at radius 2 is 1.65 bits per heavy atom. The second-order valence-electron chi connectivity index (χ2n) is 4.26. The Balaban J connectivity index is 2.13. The lowest BCUT2D eigenvalue weighted by atomic mass is 9.85. The maximum absolute atomic E-state index is 12.0. The molecular formula is C15H13NO. The summed E-state index contributed by atoms with van der Waals surface area (Å²) in [6, 6.07) is 18.1. The van der Waals surface area contributed by atoms with Crippen LogP contribution in [0.5, 0.6) is 0 Å². The number of nitrogens with one attached hydrogen (secondary N) is 1. The van der Waals surface area contributed by atoms with Crippen molar-refractivity contribution >= 4 is 5.91 Å².